The number of aromatic nitrogens is 2. The number of benzene rings is 1. The van der Waals surface area contributed by atoms with Crippen molar-refractivity contribution >= 4 is 17.5 Å². The van der Waals surface area contributed by atoms with Gasteiger partial charge in [0.15, 0.2) is 0 Å². The Kier molecular flexibility index (Phi) is 5.09. The minimum Gasteiger partial charge on any atom is -0.341 e. The normalized spacial score (nSPS) is 10.4. The van der Waals surface area contributed by atoms with Crippen molar-refractivity contribution in [2.45, 2.75) is 27.7 Å². The molecule has 0 bridgehead atoms. The largest absolute Gasteiger partial charge is 0.341 e. The highest BCUT2D eigenvalue weighted by Gasteiger charge is 2.12. The van der Waals surface area contributed by atoms with Gasteiger partial charge in [-0.25, -0.2) is 9.97 Å². The summed E-state index contributed by atoms with van der Waals surface area (Å²) in [5.74, 6) is 0.358. The van der Waals surface area contributed by atoms with Gasteiger partial charge in [0.2, 0.25) is 5.95 Å². The lowest BCUT2D eigenvalue weighted by molar-refractivity contribution is 0.102. The van der Waals surface area contributed by atoms with Crippen LogP contribution < -0.4 is 10.2 Å². The van der Waals surface area contributed by atoms with Crippen molar-refractivity contribution in [1.82, 2.24) is 9.97 Å². The number of hydrogen-bond acceptors (Lipinski definition) is 4. The molecule has 1 N–H and O–H groups in total. The van der Waals surface area contributed by atoms with E-state index in [1.54, 1.807) is 12.3 Å². The van der Waals surface area contributed by atoms with E-state index in [0.29, 0.717) is 11.6 Å². The third kappa shape index (κ3) is 3.61. The summed E-state index contributed by atoms with van der Waals surface area (Å²) in [5, 5.41) is 2.88. The van der Waals surface area contributed by atoms with Gasteiger partial charge in [0.25, 0.3) is 5.91 Å². The van der Waals surface area contributed by atoms with E-state index in [0.717, 1.165) is 24.3 Å². The summed E-state index contributed by atoms with van der Waals surface area (Å²) in [7, 11) is 0. The van der Waals surface area contributed by atoms with Gasteiger partial charge in [0.05, 0.1) is 0 Å². The zero-order valence-corrected chi connectivity index (χ0v) is 13.6. The Morgan fingerprint density at radius 3 is 2.50 bits per heavy atom. The predicted molar refractivity (Wildman–Crippen MR) is 89.5 cm³/mol. The lowest BCUT2D eigenvalue weighted by Crippen LogP contribution is -2.25. The standard InChI is InChI=1S/C17H22N4O/c1-5-21(6-2)17-18-10-9-15(20-17)16(22)19-14-8-7-12(3)13(4)11-14/h7-11H,5-6H2,1-4H3,(H,19,22). The Morgan fingerprint density at radius 2 is 1.86 bits per heavy atom. The van der Waals surface area contributed by atoms with Gasteiger partial charge in [-0.2, -0.15) is 0 Å². The van der Waals surface area contributed by atoms with Crippen molar-refractivity contribution < 1.29 is 4.79 Å². The lowest BCUT2D eigenvalue weighted by Gasteiger charge is -2.18. The molecule has 1 amide bonds. The minimum absolute atomic E-state index is 0.223. The summed E-state index contributed by atoms with van der Waals surface area (Å²) >= 11 is 0. The molecule has 5 nitrogen and oxygen atoms in total. The molecule has 0 aliphatic rings. The number of carbonyl (C=O) groups excluding carboxylic acids is 1. The second kappa shape index (κ2) is 7.02. The molecule has 0 atom stereocenters. The maximum absolute atomic E-state index is 12.3. The Hall–Kier alpha value is -2.43. The molecule has 0 saturated heterocycles. The fourth-order valence-corrected chi connectivity index (χ4v) is 2.15. The van der Waals surface area contributed by atoms with Gasteiger partial charge < -0.3 is 10.2 Å². The van der Waals surface area contributed by atoms with E-state index in [-0.39, 0.29) is 5.91 Å². The summed E-state index contributed by atoms with van der Waals surface area (Å²) < 4.78 is 0. The number of amides is 1. The van der Waals surface area contributed by atoms with Gasteiger partial charge in [-0.15, -0.1) is 0 Å². The first kappa shape index (κ1) is 15.9. The third-order valence-electron chi connectivity index (χ3n) is 3.69. The zero-order chi connectivity index (χ0) is 16.1. The predicted octanol–water partition coefficient (Wildman–Crippen LogP) is 3.19. The van der Waals surface area contributed by atoms with E-state index >= 15 is 0 Å². The highest BCUT2D eigenvalue weighted by molar-refractivity contribution is 6.03. The fraction of sp³-hybridized carbons (Fsp3) is 0.353. The molecule has 2 aromatic rings. The highest BCUT2D eigenvalue weighted by atomic mass is 16.1. The second-order valence-electron chi connectivity index (χ2n) is 5.17. The molecule has 0 radical (unpaired) electrons. The number of nitrogens with one attached hydrogen (secondary N) is 1. The van der Waals surface area contributed by atoms with Crippen LogP contribution in [0.3, 0.4) is 0 Å². The van der Waals surface area contributed by atoms with Crippen LogP contribution in [0.15, 0.2) is 30.5 Å². The zero-order valence-electron chi connectivity index (χ0n) is 13.6. The summed E-state index contributed by atoms with van der Waals surface area (Å²) in [5.41, 5.74) is 3.49. The smallest absolute Gasteiger partial charge is 0.274 e. The molecule has 5 heteroatoms. The quantitative estimate of drug-likeness (QED) is 0.921. The topological polar surface area (TPSA) is 58.1 Å². The molecule has 2 rings (SSSR count). The van der Waals surface area contributed by atoms with Crippen LogP contribution in [-0.2, 0) is 0 Å². The third-order valence-corrected chi connectivity index (χ3v) is 3.69. The van der Waals surface area contributed by atoms with Crippen molar-refractivity contribution in [3.8, 4) is 0 Å². The SMILES string of the molecule is CCN(CC)c1nccc(C(=O)Nc2ccc(C)c(C)c2)n1. The monoisotopic (exact) mass is 298 g/mol. The van der Waals surface area contributed by atoms with Crippen LogP contribution >= 0.6 is 0 Å². The van der Waals surface area contributed by atoms with E-state index < -0.39 is 0 Å². The van der Waals surface area contributed by atoms with Crippen LogP contribution in [0.25, 0.3) is 0 Å². The Balaban J connectivity index is 2.18. The first-order valence-electron chi connectivity index (χ1n) is 7.51. The molecule has 0 unspecified atom stereocenters. The fourth-order valence-electron chi connectivity index (χ4n) is 2.15. The van der Waals surface area contributed by atoms with Gasteiger partial charge >= 0.3 is 0 Å². The molecular formula is C17H22N4O. The highest BCUT2D eigenvalue weighted by Crippen LogP contribution is 2.15. The van der Waals surface area contributed by atoms with Crippen molar-refractivity contribution in [2.75, 3.05) is 23.3 Å². The average Bonchev–Trinajstić information content (AvgIpc) is 2.52. The summed E-state index contributed by atoms with van der Waals surface area (Å²) in [4.78, 5) is 22.9. The minimum atomic E-state index is -0.223. The molecule has 1 heterocycles. The first-order valence-corrected chi connectivity index (χ1v) is 7.51. The van der Waals surface area contributed by atoms with E-state index in [9.17, 15) is 4.79 Å². The van der Waals surface area contributed by atoms with E-state index in [1.165, 1.54) is 5.56 Å². The lowest BCUT2D eigenvalue weighted by atomic mass is 10.1. The van der Waals surface area contributed by atoms with Gasteiger partial charge in [0.1, 0.15) is 5.69 Å². The molecule has 116 valence electrons. The summed E-state index contributed by atoms with van der Waals surface area (Å²) in [6, 6.07) is 7.47. The van der Waals surface area contributed by atoms with Crippen LogP contribution in [0.2, 0.25) is 0 Å². The molecular weight excluding hydrogens is 276 g/mol. The second-order valence-corrected chi connectivity index (χ2v) is 5.17. The molecule has 0 fully saturated rings. The van der Waals surface area contributed by atoms with Crippen molar-refractivity contribution in [2.24, 2.45) is 0 Å². The number of anilines is 2. The van der Waals surface area contributed by atoms with E-state index in [4.69, 9.17) is 0 Å². The van der Waals surface area contributed by atoms with Crippen LogP contribution in [0.4, 0.5) is 11.6 Å². The molecule has 0 saturated carbocycles. The first-order chi connectivity index (χ1) is 10.5. The van der Waals surface area contributed by atoms with Crippen LogP contribution in [0, 0.1) is 13.8 Å². The number of nitrogens with zero attached hydrogens (tertiary/aromatic N) is 3. The van der Waals surface area contributed by atoms with Crippen molar-refractivity contribution in [3.63, 3.8) is 0 Å². The maximum Gasteiger partial charge on any atom is 0.274 e. The summed E-state index contributed by atoms with van der Waals surface area (Å²) in [6.45, 7) is 9.75. The van der Waals surface area contributed by atoms with Crippen LogP contribution in [-0.4, -0.2) is 29.0 Å². The van der Waals surface area contributed by atoms with Crippen molar-refractivity contribution in [3.05, 3.63) is 47.3 Å². The average molecular weight is 298 g/mol. The van der Waals surface area contributed by atoms with Crippen LogP contribution in [0.5, 0.6) is 0 Å². The van der Waals surface area contributed by atoms with Crippen LogP contribution in [0.1, 0.15) is 35.5 Å². The Labute approximate surface area is 131 Å². The molecule has 0 aliphatic heterocycles. The van der Waals surface area contributed by atoms with Gasteiger partial charge in [-0.05, 0) is 57.0 Å². The number of aryl methyl sites for hydroxylation is 2. The van der Waals surface area contributed by atoms with Gasteiger partial charge in [0, 0.05) is 25.0 Å². The molecule has 0 aliphatic carbocycles. The van der Waals surface area contributed by atoms with E-state index in [2.05, 4.69) is 15.3 Å². The van der Waals surface area contributed by atoms with Gasteiger partial charge in [-0.1, -0.05) is 6.07 Å². The molecule has 1 aromatic carbocycles. The number of carbonyl (C=O) groups is 1. The van der Waals surface area contributed by atoms with Gasteiger partial charge in [-0.3, -0.25) is 4.79 Å². The number of hydrogen-bond donors (Lipinski definition) is 1. The maximum atomic E-state index is 12.3. The molecule has 1 aromatic heterocycles. The van der Waals surface area contributed by atoms with E-state index in [1.807, 2.05) is 50.8 Å². The van der Waals surface area contributed by atoms with Crippen molar-refractivity contribution in [1.29, 1.82) is 0 Å². The number of rotatable bonds is 5. The molecule has 0 spiro atoms. The Bertz CT molecular complexity index is 665. The Morgan fingerprint density at radius 1 is 1.14 bits per heavy atom. The molecule has 22 heavy (non-hydrogen) atoms. The summed E-state index contributed by atoms with van der Waals surface area (Å²) in [6.07, 6.45) is 1.62.